The van der Waals surface area contributed by atoms with Crippen LogP contribution in [0, 0.1) is 18.3 Å². The molecule has 6 nitrogen and oxygen atoms in total. The molecule has 1 aliphatic heterocycles. The average Bonchev–Trinajstić information content (AvgIpc) is 3.18. The highest BCUT2D eigenvalue weighted by molar-refractivity contribution is 7.99. The largest absolute Gasteiger partial charge is 0.332 e. The lowest BCUT2D eigenvalue weighted by Crippen LogP contribution is -2.47. The number of carbonyl (C=O) groups excluding carboxylic acids is 1. The first-order valence-corrected chi connectivity index (χ1v) is 8.08. The zero-order valence-electron chi connectivity index (χ0n) is 12.1. The van der Waals surface area contributed by atoms with Gasteiger partial charge in [-0.1, -0.05) is 22.9 Å². The van der Waals surface area contributed by atoms with Crippen molar-refractivity contribution in [3.8, 4) is 11.8 Å². The Kier molecular flexibility index (Phi) is 3.86. The van der Waals surface area contributed by atoms with Crippen LogP contribution in [-0.4, -0.2) is 37.9 Å². The van der Waals surface area contributed by atoms with Crippen molar-refractivity contribution in [1.82, 2.24) is 20.3 Å². The van der Waals surface area contributed by atoms with E-state index in [1.807, 2.05) is 31.2 Å². The molecule has 1 unspecified atom stereocenters. The van der Waals surface area contributed by atoms with E-state index >= 15 is 0 Å². The fourth-order valence-corrected chi connectivity index (χ4v) is 3.52. The first kappa shape index (κ1) is 14.6. The molecular formula is C15H15N5OS. The highest BCUT2D eigenvalue weighted by atomic mass is 32.2. The van der Waals surface area contributed by atoms with Crippen molar-refractivity contribution in [2.45, 2.75) is 18.9 Å². The third-order valence-corrected chi connectivity index (χ3v) is 4.80. The summed E-state index contributed by atoms with van der Waals surface area (Å²) in [6, 6.07) is 9.98. The molecule has 1 N–H and O–H groups in total. The number of amides is 1. The smallest absolute Gasteiger partial charge is 0.274 e. The number of hydrogen-bond donors (Lipinski definition) is 1. The van der Waals surface area contributed by atoms with Gasteiger partial charge in [0.2, 0.25) is 0 Å². The van der Waals surface area contributed by atoms with Gasteiger partial charge in [0.25, 0.3) is 5.91 Å². The van der Waals surface area contributed by atoms with Crippen LogP contribution < -0.4 is 5.32 Å². The third-order valence-electron chi connectivity index (χ3n) is 3.61. The Morgan fingerprint density at radius 1 is 1.45 bits per heavy atom. The number of aromatic nitrogens is 3. The standard InChI is InChI=1S/C15H15N5OS/c1-11-2-4-12(5-3-11)20-8-13(18-19-20)14(21)17-15(9-16)6-7-22-10-15/h2-5,8H,6-7,10H2,1H3,(H,17,21). The molecule has 1 fully saturated rings. The molecule has 0 bridgehead atoms. The zero-order valence-corrected chi connectivity index (χ0v) is 12.9. The minimum Gasteiger partial charge on any atom is -0.332 e. The van der Waals surface area contributed by atoms with Gasteiger partial charge >= 0.3 is 0 Å². The fourth-order valence-electron chi connectivity index (χ4n) is 2.25. The summed E-state index contributed by atoms with van der Waals surface area (Å²) in [5.41, 5.74) is 1.42. The molecule has 7 heteroatoms. The summed E-state index contributed by atoms with van der Waals surface area (Å²) in [5.74, 6) is 1.13. The van der Waals surface area contributed by atoms with Gasteiger partial charge in [-0.2, -0.15) is 17.0 Å². The highest BCUT2D eigenvalue weighted by Crippen LogP contribution is 2.27. The Morgan fingerprint density at radius 2 is 2.23 bits per heavy atom. The molecule has 2 heterocycles. The van der Waals surface area contributed by atoms with E-state index < -0.39 is 5.54 Å². The lowest BCUT2D eigenvalue weighted by molar-refractivity contribution is 0.0921. The minimum absolute atomic E-state index is 0.215. The summed E-state index contributed by atoms with van der Waals surface area (Å²) in [7, 11) is 0. The predicted octanol–water partition coefficient (Wildman–Crippen LogP) is 1.70. The van der Waals surface area contributed by atoms with Crippen molar-refractivity contribution in [2.75, 3.05) is 11.5 Å². The lowest BCUT2D eigenvalue weighted by atomic mass is 10.0. The zero-order chi connectivity index (χ0) is 15.6. The number of aryl methyl sites for hydroxylation is 1. The van der Waals surface area contributed by atoms with Gasteiger partial charge in [-0.15, -0.1) is 5.10 Å². The van der Waals surface area contributed by atoms with Crippen LogP contribution in [0.4, 0.5) is 0 Å². The van der Waals surface area contributed by atoms with E-state index in [1.54, 1.807) is 22.6 Å². The van der Waals surface area contributed by atoms with Gasteiger partial charge in [0.15, 0.2) is 5.69 Å². The second-order valence-electron chi connectivity index (χ2n) is 5.33. The van der Waals surface area contributed by atoms with Gasteiger partial charge in [-0.05, 0) is 31.2 Å². The summed E-state index contributed by atoms with van der Waals surface area (Å²) in [6.45, 7) is 2.00. The SMILES string of the molecule is Cc1ccc(-n2cc(C(=O)NC3(C#N)CCSC3)nn2)cc1. The lowest BCUT2D eigenvalue weighted by Gasteiger charge is -2.20. The first-order valence-electron chi connectivity index (χ1n) is 6.93. The van der Waals surface area contributed by atoms with Crippen molar-refractivity contribution >= 4 is 17.7 Å². The second-order valence-corrected chi connectivity index (χ2v) is 6.44. The monoisotopic (exact) mass is 313 g/mol. The predicted molar refractivity (Wildman–Crippen MR) is 83.8 cm³/mol. The van der Waals surface area contributed by atoms with E-state index in [0.29, 0.717) is 12.2 Å². The van der Waals surface area contributed by atoms with Gasteiger partial charge in [0, 0.05) is 5.75 Å². The van der Waals surface area contributed by atoms with Gasteiger partial charge < -0.3 is 5.32 Å². The molecule has 1 aliphatic rings. The highest BCUT2D eigenvalue weighted by Gasteiger charge is 2.36. The van der Waals surface area contributed by atoms with E-state index in [9.17, 15) is 10.1 Å². The molecule has 112 valence electrons. The summed E-state index contributed by atoms with van der Waals surface area (Å²) >= 11 is 1.67. The summed E-state index contributed by atoms with van der Waals surface area (Å²) < 4.78 is 1.55. The van der Waals surface area contributed by atoms with Crippen molar-refractivity contribution in [2.24, 2.45) is 0 Å². The molecule has 1 amide bonds. The first-order chi connectivity index (χ1) is 10.6. The van der Waals surface area contributed by atoms with E-state index in [2.05, 4.69) is 21.7 Å². The Morgan fingerprint density at radius 3 is 2.86 bits per heavy atom. The Bertz CT molecular complexity index is 725. The molecule has 1 atom stereocenters. The molecule has 1 aromatic heterocycles. The average molecular weight is 313 g/mol. The summed E-state index contributed by atoms with van der Waals surface area (Å²) in [4.78, 5) is 12.3. The number of hydrogen-bond acceptors (Lipinski definition) is 5. The molecule has 0 aliphatic carbocycles. The number of nitriles is 1. The molecule has 3 rings (SSSR count). The van der Waals surface area contributed by atoms with Gasteiger partial charge in [0.1, 0.15) is 5.54 Å². The molecule has 0 radical (unpaired) electrons. The van der Waals surface area contributed by atoms with E-state index in [0.717, 1.165) is 17.0 Å². The van der Waals surface area contributed by atoms with Crippen LogP contribution in [0.3, 0.4) is 0 Å². The van der Waals surface area contributed by atoms with Gasteiger partial charge in [-0.3, -0.25) is 4.79 Å². The van der Waals surface area contributed by atoms with E-state index in [4.69, 9.17) is 0 Å². The quantitative estimate of drug-likeness (QED) is 0.932. The maximum absolute atomic E-state index is 12.3. The Labute approximate surface area is 132 Å². The molecule has 1 saturated heterocycles. The van der Waals surface area contributed by atoms with Gasteiger partial charge in [0.05, 0.1) is 18.0 Å². The van der Waals surface area contributed by atoms with E-state index in [-0.39, 0.29) is 11.6 Å². The number of nitrogens with zero attached hydrogens (tertiary/aromatic N) is 4. The number of carbonyl (C=O) groups is 1. The Balaban J connectivity index is 1.77. The molecule has 0 saturated carbocycles. The normalized spacial score (nSPS) is 20.5. The van der Waals surface area contributed by atoms with Crippen molar-refractivity contribution in [1.29, 1.82) is 5.26 Å². The van der Waals surface area contributed by atoms with Crippen LogP contribution in [0.15, 0.2) is 30.5 Å². The van der Waals surface area contributed by atoms with Crippen LogP contribution >= 0.6 is 11.8 Å². The maximum atomic E-state index is 12.3. The van der Waals surface area contributed by atoms with Crippen LogP contribution in [0.5, 0.6) is 0 Å². The molecular weight excluding hydrogens is 298 g/mol. The third kappa shape index (κ3) is 2.83. The van der Waals surface area contributed by atoms with Crippen molar-refractivity contribution in [3.05, 3.63) is 41.7 Å². The van der Waals surface area contributed by atoms with Gasteiger partial charge in [-0.25, -0.2) is 4.68 Å². The van der Waals surface area contributed by atoms with Crippen LogP contribution in [0.2, 0.25) is 0 Å². The topological polar surface area (TPSA) is 83.6 Å². The van der Waals surface area contributed by atoms with Crippen molar-refractivity contribution in [3.63, 3.8) is 0 Å². The molecule has 22 heavy (non-hydrogen) atoms. The molecule has 1 aromatic carbocycles. The number of thioether (sulfide) groups is 1. The summed E-state index contributed by atoms with van der Waals surface area (Å²) in [5, 5.41) is 20.0. The second kappa shape index (κ2) is 5.81. The van der Waals surface area contributed by atoms with Crippen LogP contribution in [0.1, 0.15) is 22.5 Å². The Hall–Kier alpha value is -2.33. The number of nitrogens with one attached hydrogen (secondary N) is 1. The number of rotatable bonds is 3. The maximum Gasteiger partial charge on any atom is 0.274 e. The van der Waals surface area contributed by atoms with Crippen molar-refractivity contribution < 1.29 is 4.79 Å². The van der Waals surface area contributed by atoms with E-state index in [1.165, 1.54) is 0 Å². The molecule has 2 aromatic rings. The summed E-state index contributed by atoms with van der Waals surface area (Å²) in [6.07, 6.45) is 2.24. The number of benzene rings is 1. The van der Waals surface area contributed by atoms with Crippen LogP contribution in [0.25, 0.3) is 5.69 Å². The fraction of sp³-hybridized carbons (Fsp3) is 0.333. The molecule has 0 spiro atoms. The minimum atomic E-state index is -0.782. The van der Waals surface area contributed by atoms with Crippen LogP contribution in [-0.2, 0) is 0 Å².